The summed E-state index contributed by atoms with van der Waals surface area (Å²) in [6, 6.07) is 7.46. The molecule has 4 heteroatoms. The predicted molar refractivity (Wildman–Crippen MR) is 70.8 cm³/mol. The molecule has 1 amide bonds. The molecule has 0 aliphatic carbocycles. The zero-order valence-electron chi connectivity index (χ0n) is 10.7. The average molecular weight is 235 g/mol. The number of nitrogens with one attached hydrogen (secondary N) is 1. The molecule has 1 aromatic rings. The molecule has 1 aromatic carbocycles. The molecule has 1 unspecified atom stereocenters. The van der Waals surface area contributed by atoms with Crippen LogP contribution in [-0.2, 0) is 4.79 Å². The van der Waals surface area contributed by atoms with Gasteiger partial charge in [0.25, 0.3) is 0 Å². The second-order valence-electron chi connectivity index (χ2n) is 4.49. The fourth-order valence-electron chi connectivity index (χ4n) is 1.54. The lowest BCUT2D eigenvalue weighted by Crippen LogP contribution is -2.33. The Hall–Kier alpha value is -1.55. The summed E-state index contributed by atoms with van der Waals surface area (Å²) in [6.07, 6.45) is 0. The van der Waals surface area contributed by atoms with Crippen LogP contribution in [0.1, 0.15) is 18.4 Å². The summed E-state index contributed by atoms with van der Waals surface area (Å²) in [7, 11) is 3.96. The lowest BCUT2D eigenvalue weighted by atomic mass is 10.00. The van der Waals surface area contributed by atoms with Crippen LogP contribution in [0.3, 0.4) is 0 Å². The third-order valence-electron chi connectivity index (χ3n) is 2.66. The van der Waals surface area contributed by atoms with Gasteiger partial charge in [-0.25, -0.2) is 0 Å². The first kappa shape index (κ1) is 13.5. The summed E-state index contributed by atoms with van der Waals surface area (Å²) in [5, 5.41) is 2.91. The molecule has 4 nitrogen and oxygen atoms in total. The van der Waals surface area contributed by atoms with Crippen LogP contribution in [0.15, 0.2) is 24.3 Å². The molecule has 0 aromatic heterocycles. The second kappa shape index (κ2) is 6.25. The summed E-state index contributed by atoms with van der Waals surface area (Å²) < 4.78 is 0. The summed E-state index contributed by atoms with van der Waals surface area (Å²) in [4.78, 5) is 13.9. The van der Waals surface area contributed by atoms with E-state index < -0.39 is 0 Å². The van der Waals surface area contributed by atoms with Crippen molar-refractivity contribution in [1.82, 2.24) is 10.2 Å². The van der Waals surface area contributed by atoms with Gasteiger partial charge in [0.15, 0.2) is 0 Å². The monoisotopic (exact) mass is 235 g/mol. The number of benzene rings is 1. The molecule has 3 N–H and O–H groups in total. The van der Waals surface area contributed by atoms with Crippen LogP contribution in [0.25, 0.3) is 0 Å². The van der Waals surface area contributed by atoms with Gasteiger partial charge in [-0.05, 0) is 38.7 Å². The van der Waals surface area contributed by atoms with E-state index in [0.29, 0.717) is 12.2 Å². The molecule has 0 aliphatic heterocycles. The molecule has 0 heterocycles. The Kier molecular flexibility index (Phi) is 4.97. The molecule has 0 saturated heterocycles. The highest BCUT2D eigenvalue weighted by atomic mass is 16.1. The number of hydrogen-bond donors (Lipinski definition) is 2. The number of nitrogens with zero attached hydrogens (tertiary/aromatic N) is 1. The van der Waals surface area contributed by atoms with Crippen LogP contribution in [-0.4, -0.2) is 38.0 Å². The summed E-state index contributed by atoms with van der Waals surface area (Å²) in [6.45, 7) is 3.40. The molecular formula is C13H21N3O. The summed E-state index contributed by atoms with van der Waals surface area (Å²) in [5.41, 5.74) is 7.34. The highest BCUT2D eigenvalue weighted by Crippen LogP contribution is 2.17. The maximum Gasteiger partial charge on any atom is 0.227 e. The fourth-order valence-corrected chi connectivity index (χ4v) is 1.54. The molecule has 0 spiro atoms. The zero-order valence-corrected chi connectivity index (χ0v) is 10.7. The van der Waals surface area contributed by atoms with E-state index in [2.05, 4.69) is 5.32 Å². The van der Waals surface area contributed by atoms with Crippen LogP contribution in [0, 0.1) is 0 Å². The van der Waals surface area contributed by atoms with Crippen LogP contribution in [0.5, 0.6) is 0 Å². The number of likely N-dealkylation sites (N-methyl/N-ethyl adjacent to an activating group) is 1. The van der Waals surface area contributed by atoms with Crippen molar-refractivity contribution in [1.29, 1.82) is 0 Å². The predicted octanol–water partition coefficient (Wildman–Crippen LogP) is 1.05. The van der Waals surface area contributed by atoms with Crippen molar-refractivity contribution in [2.45, 2.75) is 12.8 Å². The van der Waals surface area contributed by atoms with Crippen LogP contribution in [0.4, 0.5) is 5.69 Å². The molecule has 0 saturated carbocycles. The van der Waals surface area contributed by atoms with Crippen LogP contribution < -0.4 is 11.1 Å². The number of carbonyl (C=O) groups excluding carboxylic acids is 1. The van der Waals surface area contributed by atoms with Gasteiger partial charge < -0.3 is 16.0 Å². The van der Waals surface area contributed by atoms with Gasteiger partial charge >= 0.3 is 0 Å². The zero-order chi connectivity index (χ0) is 12.8. The first-order valence-corrected chi connectivity index (χ1v) is 5.78. The van der Waals surface area contributed by atoms with Crippen LogP contribution >= 0.6 is 0 Å². The number of rotatable bonds is 5. The Balaban J connectivity index is 2.52. The smallest absolute Gasteiger partial charge is 0.227 e. The Morgan fingerprint density at radius 1 is 1.47 bits per heavy atom. The largest absolute Gasteiger partial charge is 0.399 e. The van der Waals surface area contributed by atoms with E-state index in [1.165, 1.54) is 0 Å². The first-order valence-electron chi connectivity index (χ1n) is 5.78. The van der Waals surface area contributed by atoms with Gasteiger partial charge in [0.2, 0.25) is 5.91 Å². The van der Waals surface area contributed by atoms with Gasteiger partial charge in [0.1, 0.15) is 0 Å². The Bertz CT molecular complexity index is 377. The fraction of sp³-hybridized carbons (Fsp3) is 0.462. The van der Waals surface area contributed by atoms with E-state index in [0.717, 1.165) is 12.1 Å². The number of nitrogens with two attached hydrogens (primary N) is 1. The SMILES string of the molecule is CC(C(=O)NCCN(C)C)c1cccc(N)c1. The molecule has 1 atom stereocenters. The molecular weight excluding hydrogens is 214 g/mol. The Morgan fingerprint density at radius 3 is 2.76 bits per heavy atom. The number of carbonyl (C=O) groups is 1. The third kappa shape index (κ3) is 4.44. The van der Waals surface area contributed by atoms with Crippen molar-refractivity contribution in [3.05, 3.63) is 29.8 Å². The van der Waals surface area contributed by atoms with E-state index in [1.807, 2.05) is 50.2 Å². The van der Waals surface area contributed by atoms with Gasteiger partial charge in [-0.3, -0.25) is 4.79 Å². The highest BCUT2D eigenvalue weighted by molar-refractivity contribution is 5.83. The first-order chi connectivity index (χ1) is 8.00. The topological polar surface area (TPSA) is 58.4 Å². The minimum absolute atomic E-state index is 0.0393. The molecule has 0 fully saturated rings. The molecule has 0 aliphatic rings. The molecule has 0 bridgehead atoms. The van der Waals surface area contributed by atoms with E-state index in [4.69, 9.17) is 5.73 Å². The van der Waals surface area contributed by atoms with Crippen molar-refractivity contribution in [3.63, 3.8) is 0 Å². The second-order valence-corrected chi connectivity index (χ2v) is 4.49. The average Bonchev–Trinajstić information content (AvgIpc) is 2.27. The minimum Gasteiger partial charge on any atom is -0.399 e. The minimum atomic E-state index is -0.166. The van der Waals surface area contributed by atoms with Crippen LogP contribution in [0.2, 0.25) is 0 Å². The quantitative estimate of drug-likeness (QED) is 0.750. The van der Waals surface area contributed by atoms with E-state index in [1.54, 1.807) is 0 Å². The van der Waals surface area contributed by atoms with Crippen molar-refractivity contribution in [2.75, 3.05) is 32.9 Å². The van der Waals surface area contributed by atoms with Gasteiger partial charge in [-0.1, -0.05) is 12.1 Å². The van der Waals surface area contributed by atoms with Crippen molar-refractivity contribution >= 4 is 11.6 Å². The van der Waals surface area contributed by atoms with Gasteiger partial charge in [-0.15, -0.1) is 0 Å². The number of nitrogen functional groups attached to an aromatic ring is 1. The lowest BCUT2D eigenvalue weighted by molar-refractivity contribution is -0.122. The molecule has 17 heavy (non-hydrogen) atoms. The number of hydrogen-bond acceptors (Lipinski definition) is 3. The summed E-state index contributed by atoms with van der Waals surface area (Å²) in [5.74, 6) is -0.127. The summed E-state index contributed by atoms with van der Waals surface area (Å²) >= 11 is 0. The standard InChI is InChI=1S/C13H21N3O/c1-10(11-5-4-6-12(14)9-11)13(17)15-7-8-16(2)3/h4-6,9-10H,7-8,14H2,1-3H3,(H,15,17). The third-order valence-corrected chi connectivity index (χ3v) is 2.66. The van der Waals surface area contributed by atoms with Gasteiger partial charge in [-0.2, -0.15) is 0 Å². The van der Waals surface area contributed by atoms with E-state index >= 15 is 0 Å². The molecule has 0 radical (unpaired) electrons. The van der Waals surface area contributed by atoms with Crippen molar-refractivity contribution in [2.24, 2.45) is 0 Å². The number of anilines is 1. The molecule has 94 valence electrons. The number of amides is 1. The molecule has 1 rings (SSSR count). The Labute approximate surface area is 103 Å². The van der Waals surface area contributed by atoms with E-state index in [-0.39, 0.29) is 11.8 Å². The highest BCUT2D eigenvalue weighted by Gasteiger charge is 2.14. The maximum absolute atomic E-state index is 11.9. The van der Waals surface area contributed by atoms with Gasteiger partial charge in [0, 0.05) is 18.8 Å². The van der Waals surface area contributed by atoms with Crippen molar-refractivity contribution in [3.8, 4) is 0 Å². The van der Waals surface area contributed by atoms with Crippen molar-refractivity contribution < 1.29 is 4.79 Å². The lowest BCUT2D eigenvalue weighted by Gasteiger charge is -2.15. The maximum atomic E-state index is 11.9. The van der Waals surface area contributed by atoms with E-state index in [9.17, 15) is 4.79 Å². The normalized spacial score (nSPS) is 12.5. The van der Waals surface area contributed by atoms with Gasteiger partial charge in [0.05, 0.1) is 5.92 Å². The Morgan fingerprint density at radius 2 is 2.18 bits per heavy atom.